The second-order valence-electron chi connectivity index (χ2n) is 9.53. The number of aryl methyl sites for hydroxylation is 1. The first-order valence-electron chi connectivity index (χ1n) is 13.1. The Morgan fingerprint density at radius 3 is 2.51 bits per heavy atom. The predicted molar refractivity (Wildman–Crippen MR) is 144 cm³/mol. The maximum atomic E-state index is 13.2. The number of para-hydroxylation sites is 1. The fraction of sp³-hybridized carbons (Fsp3) is 0.483. The molecule has 4 rings (SSSR count). The molecule has 0 spiro atoms. The first-order chi connectivity index (χ1) is 17.2. The number of carbonyl (C=O) groups is 1. The minimum absolute atomic E-state index is 0.218. The Hall–Kier alpha value is -2.83. The van der Waals surface area contributed by atoms with Gasteiger partial charge in [0, 0.05) is 55.5 Å². The highest BCUT2D eigenvalue weighted by Gasteiger charge is 2.22. The number of carbonyl (C=O) groups excluding carboxylic acids is 1. The number of benzene rings is 2. The number of rotatable bonds is 12. The molecule has 1 fully saturated rings. The molecule has 0 atom stereocenters. The van der Waals surface area contributed by atoms with E-state index in [9.17, 15) is 4.79 Å². The SMILES string of the molecule is CCCCCN(C(=O)CN1CCN(CCCc2c[nH]c3ccc(OC)cc23)CC1)c1ccccc1. The van der Waals surface area contributed by atoms with Gasteiger partial charge in [-0.3, -0.25) is 9.69 Å². The third-order valence-corrected chi connectivity index (χ3v) is 7.07. The highest BCUT2D eigenvalue weighted by Crippen LogP contribution is 2.24. The molecule has 3 aromatic rings. The van der Waals surface area contributed by atoms with Crippen molar-refractivity contribution in [2.45, 2.75) is 39.0 Å². The monoisotopic (exact) mass is 476 g/mol. The van der Waals surface area contributed by atoms with Gasteiger partial charge in [-0.25, -0.2) is 0 Å². The van der Waals surface area contributed by atoms with E-state index in [1.165, 1.54) is 16.5 Å². The van der Waals surface area contributed by atoms with E-state index >= 15 is 0 Å². The normalized spacial score (nSPS) is 14.9. The second-order valence-corrected chi connectivity index (χ2v) is 9.53. The van der Waals surface area contributed by atoms with Gasteiger partial charge >= 0.3 is 0 Å². The molecular formula is C29H40N4O2. The molecule has 1 aliphatic rings. The van der Waals surface area contributed by atoms with Crippen LogP contribution in [0.2, 0.25) is 0 Å². The fourth-order valence-corrected chi connectivity index (χ4v) is 4.96. The number of H-pyrrole nitrogens is 1. The molecule has 1 amide bonds. The molecule has 6 heteroatoms. The molecule has 188 valence electrons. The molecule has 6 nitrogen and oxygen atoms in total. The van der Waals surface area contributed by atoms with Gasteiger partial charge in [-0.15, -0.1) is 0 Å². The van der Waals surface area contributed by atoms with E-state index in [-0.39, 0.29) is 5.91 Å². The van der Waals surface area contributed by atoms with Gasteiger partial charge < -0.3 is 19.5 Å². The summed E-state index contributed by atoms with van der Waals surface area (Å²) < 4.78 is 5.39. The molecule has 35 heavy (non-hydrogen) atoms. The zero-order chi connectivity index (χ0) is 24.5. The Morgan fingerprint density at radius 2 is 1.77 bits per heavy atom. The van der Waals surface area contributed by atoms with Crippen molar-refractivity contribution in [1.82, 2.24) is 14.8 Å². The van der Waals surface area contributed by atoms with E-state index in [0.29, 0.717) is 6.54 Å². The van der Waals surface area contributed by atoms with Gasteiger partial charge in [0.15, 0.2) is 0 Å². The number of hydrogen-bond donors (Lipinski definition) is 1. The molecule has 2 heterocycles. The maximum absolute atomic E-state index is 13.2. The molecule has 0 radical (unpaired) electrons. The lowest BCUT2D eigenvalue weighted by Gasteiger charge is -2.35. The van der Waals surface area contributed by atoms with Crippen LogP contribution in [0.5, 0.6) is 5.75 Å². The summed E-state index contributed by atoms with van der Waals surface area (Å²) in [5, 5.41) is 1.26. The number of anilines is 1. The molecule has 0 aliphatic carbocycles. The number of unbranched alkanes of at least 4 members (excludes halogenated alkanes) is 2. The van der Waals surface area contributed by atoms with E-state index in [2.05, 4.69) is 40.0 Å². The molecule has 1 saturated heterocycles. The molecule has 1 N–H and O–H groups in total. The quantitative estimate of drug-likeness (QED) is 0.376. The van der Waals surface area contributed by atoms with Crippen LogP contribution in [0.15, 0.2) is 54.7 Å². The Morgan fingerprint density at radius 1 is 1.00 bits per heavy atom. The van der Waals surface area contributed by atoms with Crippen molar-refractivity contribution < 1.29 is 9.53 Å². The number of fused-ring (bicyclic) bond motifs is 1. The summed E-state index contributed by atoms with van der Waals surface area (Å²) in [6, 6.07) is 16.3. The number of nitrogens with one attached hydrogen (secondary N) is 1. The van der Waals surface area contributed by atoms with Gasteiger partial charge in [0.25, 0.3) is 0 Å². The zero-order valence-corrected chi connectivity index (χ0v) is 21.3. The van der Waals surface area contributed by atoms with Gasteiger partial charge in [0.05, 0.1) is 13.7 Å². The Bertz CT molecular complexity index is 1060. The third-order valence-electron chi connectivity index (χ3n) is 7.07. The van der Waals surface area contributed by atoms with E-state index in [4.69, 9.17) is 4.74 Å². The standard InChI is InChI=1S/C29H40N4O2/c1-3-4-8-16-33(25-11-6-5-7-12-25)29(34)23-32-19-17-31(18-20-32)15-9-10-24-22-30-28-14-13-26(35-2)21-27(24)28/h5-7,11-14,21-22,30H,3-4,8-10,15-20,23H2,1-2H3. The summed E-state index contributed by atoms with van der Waals surface area (Å²) in [6.07, 6.45) is 7.67. The van der Waals surface area contributed by atoms with Crippen molar-refractivity contribution in [2.75, 3.05) is 57.8 Å². The number of ether oxygens (including phenoxy) is 1. The Balaban J connectivity index is 1.23. The first-order valence-corrected chi connectivity index (χ1v) is 13.1. The van der Waals surface area contributed by atoms with Crippen molar-refractivity contribution in [3.05, 3.63) is 60.3 Å². The van der Waals surface area contributed by atoms with Crippen molar-refractivity contribution >= 4 is 22.5 Å². The summed E-state index contributed by atoms with van der Waals surface area (Å²) in [5.74, 6) is 1.12. The summed E-state index contributed by atoms with van der Waals surface area (Å²) in [4.78, 5) is 23.4. The molecule has 1 aliphatic heterocycles. The highest BCUT2D eigenvalue weighted by atomic mass is 16.5. The second kappa shape index (κ2) is 12.8. The van der Waals surface area contributed by atoms with Gasteiger partial charge in [0.2, 0.25) is 5.91 Å². The third kappa shape index (κ3) is 6.86. The van der Waals surface area contributed by atoms with Crippen LogP contribution in [-0.2, 0) is 11.2 Å². The number of amides is 1. The van der Waals surface area contributed by atoms with Gasteiger partial charge in [-0.2, -0.15) is 0 Å². The van der Waals surface area contributed by atoms with E-state index in [1.807, 2.05) is 41.3 Å². The number of hydrogen-bond acceptors (Lipinski definition) is 4. The minimum atomic E-state index is 0.218. The summed E-state index contributed by atoms with van der Waals surface area (Å²) in [7, 11) is 1.71. The summed E-state index contributed by atoms with van der Waals surface area (Å²) >= 11 is 0. The molecular weight excluding hydrogens is 436 g/mol. The number of aromatic amines is 1. The van der Waals surface area contributed by atoms with Crippen LogP contribution in [0.4, 0.5) is 5.69 Å². The van der Waals surface area contributed by atoms with Crippen LogP contribution in [0.3, 0.4) is 0 Å². The fourth-order valence-electron chi connectivity index (χ4n) is 4.96. The molecule has 1 aromatic heterocycles. The highest BCUT2D eigenvalue weighted by molar-refractivity contribution is 5.94. The van der Waals surface area contributed by atoms with Crippen LogP contribution in [0, 0.1) is 0 Å². The molecule has 2 aromatic carbocycles. The lowest BCUT2D eigenvalue weighted by Crippen LogP contribution is -2.50. The lowest BCUT2D eigenvalue weighted by molar-refractivity contribution is -0.120. The number of piperazine rings is 1. The lowest BCUT2D eigenvalue weighted by atomic mass is 10.1. The van der Waals surface area contributed by atoms with Crippen LogP contribution in [0.25, 0.3) is 10.9 Å². The van der Waals surface area contributed by atoms with Crippen LogP contribution < -0.4 is 9.64 Å². The van der Waals surface area contributed by atoms with Gasteiger partial charge in [0.1, 0.15) is 5.75 Å². The topological polar surface area (TPSA) is 51.8 Å². The first kappa shape index (κ1) is 25.3. The average Bonchev–Trinajstić information content (AvgIpc) is 3.30. The van der Waals surface area contributed by atoms with Crippen LogP contribution in [-0.4, -0.2) is 73.6 Å². The minimum Gasteiger partial charge on any atom is -0.497 e. The zero-order valence-electron chi connectivity index (χ0n) is 21.3. The average molecular weight is 477 g/mol. The molecule has 0 bridgehead atoms. The molecule has 0 saturated carbocycles. The summed E-state index contributed by atoms with van der Waals surface area (Å²) in [6.45, 7) is 8.55. The van der Waals surface area contributed by atoms with E-state index in [1.54, 1.807) is 7.11 Å². The van der Waals surface area contributed by atoms with E-state index in [0.717, 1.165) is 82.8 Å². The van der Waals surface area contributed by atoms with Crippen molar-refractivity contribution in [3.63, 3.8) is 0 Å². The smallest absolute Gasteiger partial charge is 0.241 e. The Kier molecular flexibility index (Phi) is 9.21. The van der Waals surface area contributed by atoms with Crippen LogP contribution in [0.1, 0.15) is 38.2 Å². The van der Waals surface area contributed by atoms with Gasteiger partial charge in [-0.05, 0) is 61.7 Å². The van der Waals surface area contributed by atoms with Crippen molar-refractivity contribution in [2.24, 2.45) is 0 Å². The number of nitrogens with zero attached hydrogens (tertiary/aromatic N) is 3. The van der Waals surface area contributed by atoms with Crippen molar-refractivity contribution in [3.8, 4) is 5.75 Å². The van der Waals surface area contributed by atoms with E-state index < -0.39 is 0 Å². The van der Waals surface area contributed by atoms with Gasteiger partial charge in [-0.1, -0.05) is 38.0 Å². The summed E-state index contributed by atoms with van der Waals surface area (Å²) in [5.41, 5.74) is 3.53. The number of aromatic nitrogens is 1. The number of methoxy groups -OCH3 is 1. The van der Waals surface area contributed by atoms with Crippen molar-refractivity contribution in [1.29, 1.82) is 0 Å². The predicted octanol–water partition coefficient (Wildman–Crippen LogP) is 4.95. The Labute approximate surface area is 209 Å². The van der Waals surface area contributed by atoms with Crippen LogP contribution >= 0.6 is 0 Å². The maximum Gasteiger partial charge on any atom is 0.241 e. The largest absolute Gasteiger partial charge is 0.497 e. The molecule has 0 unspecified atom stereocenters.